The average molecular weight is 392 g/mol. The summed E-state index contributed by atoms with van der Waals surface area (Å²) in [6.45, 7) is 0.594. The molecule has 0 radical (unpaired) electrons. The van der Waals surface area contributed by atoms with Crippen LogP contribution in [-0.4, -0.2) is 48.0 Å². The molecule has 2 aliphatic rings. The van der Waals surface area contributed by atoms with E-state index in [0.29, 0.717) is 30.8 Å². The number of rotatable bonds is 5. The summed E-state index contributed by atoms with van der Waals surface area (Å²) in [6, 6.07) is 5.01. The molecule has 2 aromatic heterocycles. The third-order valence-electron chi connectivity index (χ3n) is 5.40. The van der Waals surface area contributed by atoms with E-state index in [1.165, 1.54) is 10.4 Å². The summed E-state index contributed by atoms with van der Waals surface area (Å²) >= 11 is 0. The second-order valence-electron chi connectivity index (χ2n) is 7.28. The first-order valence-electron chi connectivity index (χ1n) is 9.44. The Balaban J connectivity index is 1.46. The highest BCUT2D eigenvalue weighted by Gasteiger charge is 2.35. The molecule has 1 saturated heterocycles. The number of aromatic nitrogens is 2. The molecule has 1 unspecified atom stereocenters. The number of carbonyl (C=O) groups excluding carboxylic acids is 1. The smallest absolute Gasteiger partial charge is 0.276 e. The molecule has 146 valence electrons. The SMILES string of the molecule is O=C(NC1CCCC1)C1CCCN(S(=O)(=O)c2ccc(-c3ccn[nH]3)o2)C1. The molecule has 1 aliphatic carbocycles. The van der Waals surface area contributed by atoms with Gasteiger partial charge in [-0.25, -0.2) is 8.42 Å². The Morgan fingerprint density at radius 3 is 2.74 bits per heavy atom. The van der Waals surface area contributed by atoms with Gasteiger partial charge in [-0.3, -0.25) is 9.89 Å². The predicted octanol–water partition coefficient (Wildman–Crippen LogP) is 2.13. The molecule has 2 N–H and O–H groups in total. The second-order valence-corrected chi connectivity index (χ2v) is 9.15. The van der Waals surface area contributed by atoms with Crippen molar-refractivity contribution in [3.05, 3.63) is 24.4 Å². The van der Waals surface area contributed by atoms with Crippen LogP contribution in [0.5, 0.6) is 0 Å². The Morgan fingerprint density at radius 2 is 2.00 bits per heavy atom. The molecule has 1 aliphatic heterocycles. The van der Waals surface area contributed by atoms with Gasteiger partial charge >= 0.3 is 0 Å². The predicted molar refractivity (Wildman–Crippen MR) is 98.2 cm³/mol. The van der Waals surface area contributed by atoms with Gasteiger partial charge < -0.3 is 9.73 Å². The van der Waals surface area contributed by atoms with Crippen LogP contribution >= 0.6 is 0 Å². The molecule has 0 bridgehead atoms. The number of hydrogen-bond acceptors (Lipinski definition) is 5. The van der Waals surface area contributed by atoms with Gasteiger partial charge in [-0.15, -0.1) is 0 Å². The third kappa shape index (κ3) is 3.79. The van der Waals surface area contributed by atoms with Gasteiger partial charge in [0.15, 0.2) is 5.76 Å². The number of furan rings is 1. The number of hydrogen-bond donors (Lipinski definition) is 2. The number of nitrogens with one attached hydrogen (secondary N) is 2. The zero-order chi connectivity index (χ0) is 18.9. The minimum absolute atomic E-state index is 0.0283. The summed E-state index contributed by atoms with van der Waals surface area (Å²) in [6.07, 6.45) is 7.27. The normalized spacial score (nSPS) is 22.1. The zero-order valence-corrected chi connectivity index (χ0v) is 15.9. The molecule has 3 heterocycles. The number of aromatic amines is 1. The van der Waals surface area contributed by atoms with E-state index in [4.69, 9.17) is 4.42 Å². The maximum Gasteiger partial charge on any atom is 0.276 e. The van der Waals surface area contributed by atoms with Crippen LogP contribution < -0.4 is 5.32 Å². The molecule has 2 fully saturated rings. The van der Waals surface area contributed by atoms with E-state index in [1.807, 2.05) is 0 Å². The second kappa shape index (κ2) is 7.47. The summed E-state index contributed by atoms with van der Waals surface area (Å²) < 4.78 is 32.8. The van der Waals surface area contributed by atoms with Crippen molar-refractivity contribution < 1.29 is 17.6 Å². The number of H-pyrrole nitrogens is 1. The van der Waals surface area contributed by atoms with E-state index in [0.717, 1.165) is 25.7 Å². The van der Waals surface area contributed by atoms with E-state index in [-0.39, 0.29) is 29.5 Å². The molecule has 9 heteroatoms. The quantitative estimate of drug-likeness (QED) is 0.810. The first kappa shape index (κ1) is 18.2. The van der Waals surface area contributed by atoms with Gasteiger partial charge in [0.1, 0.15) is 5.69 Å². The first-order chi connectivity index (χ1) is 13.0. The Bertz CT molecular complexity index is 884. The van der Waals surface area contributed by atoms with Gasteiger partial charge in [0, 0.05) is 25.3 Å². The fourth-order valence-electron chi connectivity index (χ4n) is 3.89. The topological polar surface area (TPSA) is 108 Å². The largest absolute Gasteiger partial charge is 0.442 e. The lowest BCUT2D eigenvalue weighted by molar-refractivity contribution is -0.126. The standard InChI is InChI=1S/C18H24N4O4S/c23-18(20-14-5-1-2-6-14)13-4-3-11-22(12-13)27(24,25)17-8-7-16(26-17)15-9-10-19-21-15/h7-10,13-14H,1-6,11-12H2,(H,19,21)(H,20,23). The monoisotopic (exact) mass is 392 g/mol. The molecule has 27 heavy (non-hydrogen) atoms. The number of amides is 1. The van der Waals surface area contributed by atoms with Crippen molar-refractivity contribution in [2.45, 2.75) is 49.7 Å². The lowest BCUT2D eigenvalue weighted by atomic mass is 9.98. The van der Waals surface area contributed by atoms with Gasteiger partial charge in [-0.05, 0) is 43.9 Å². The summed E-state index contributed by atoms with van der Waals surface area (Å²) in [4.78, 5) is 12.6. The Kier molecular flexibility index (Phi) is 5.05. The van der Waals surface area contributed by atoms with Crippen LogP contribution in [0.2, 0.25) is 0 Å². The van der Waals surface area contributed by atoms with Gasteiger partial charge in [0.25, 0.3) is 10.0 Å². The highest BCUT2D eigenvalue weighted by Crippen LogP contribution is 2.28. The van der Waals surface area contributed by atoms with Crippen LogP contribution in [0, 0.1) is 5.92 Å². The van der Waals surface area contributed by atoms with Gasteiger partial charge in [0.2, 0.25) is 11.0 Å². The molecule has 4 rings (SSSR count). The minimum Gasteiger partial charge on any atom is -0.442 e. The molecule has 1 amide bonds. The van der Waals surface area contributed by atoms with E-state index >= 15 is 0 Å². The summed E-state index contributed by atoms with van der Waals surface area (Å²) in [5.74, 6) is 0.0779. The van der Waals surface area contributed by atoms with E-state index in [1.54, 1.807) is 18.3 Å². The van der Waals surface area contributed by atoms with Crippen LogP contribution in [0.3, 0.4) is 0 Å². The molecule has 8 nitrogen and oxygen atoms in total. The van der Waals surface area contributed by atoms with Crippen LogP contribution in [0.4, 0.5) is 0 Å². The van der Waals surface area contributed by atoms with E-state index in [9.17, 15) is 13.2 Å². The zero-order valence-electron chi connectivity index (χ0n) is 15.1. The lowest BCUT2D eigenvalue weighted by Crippen LogP contribution is -2.47. The van der Waals surface area contributed by atoms with E-state index < -0.39 is 10.0 Å². The Labute approximate surface area is 158 Å². The minimum atomic E-state index is -3.77. The molecule has 1 saturated carbocycles. The third-order valence-corrected chi connectivity index (χ3v) is 7.14. The van der Waals surface area contributed by atoms with Crippen molar-refractivity contribution in [3.8, 4) is 11.5 Å². The van der Waals surface area contributed by atoms with Crippen molar-refractivity contribution in [2.24, 2.45) is 5.92 Å². The molecular weight excluding hydrogens is 368 g/mol. The number of sulfonamides is 1. The van der Waals surface area contributed by atoms with E-state index in [2.05, 4.69) is 15.5 Å². The number of carbonyl (C=O) groups is 1. The highest BCUT2D eigenvalue weighted by molar-refractivity contribution is 7.89. The van der Waals surface area contributed by atoms with Crippen LogP contribution in [0.25, 0.3) is 11.5 Å². The fraction of sp³-hybridized carbons (Fsp3) is 0.556. The summed E-state index contributed by atoms with van der Waals surface area (Å²) in [5, 5.41) is 9.57. The van der Waals surface area contributed by atoms with Gasteiger partial charge in [0.05, 0.1) is 5.92 Å². The highest BCUT2D eigenvalue weighted by atomic mass is 32.2. The van der Waals surface area contributed by atoms with Crippen molar-refractivity contribution >= 4 is 15.9 Å². The number of piperidine rings is 1. The Morgan fingerprint density at radius 1 is 1.19 bits per heavy atom. The maximum absolute atomic E-state index is 13.0. The Hall–Kier alpha value is -2.13. The molecule has 0 aromatic carbocycles. The van der Waals surface area contributed by atoms with Crippen LogP contribution in [0.15, 0.2) is 33.9 Å². The molecule has 2 aromatic rings. The maximum atomic E-state index is 13.0. The fourth-order valence-corrected chi connectivity index (χ4v) is 5.32. The molecular formula is C18H24N4O4S. The van der Waals surface area contributed by atoms with Gasteiger partial charge in [-0.2, -0.15) is 9.40 Å². The number of nitrogens with zero attached hydrogens (tertiary/aromatic N) is 2. The van der Waals surface area contributed by atoms with Crippen molar-refractivity contribution in [1.82, 2.24) is 19.8 Å². The first-order valence-corrected chi connectivity index (χ1v) is 10.9. The lowest BCUT2D eigenvalue weighted by Gasteiger charge is -2.31. The molecule has 0 spiro atoms. The molecule has 1 atom stereocenters. The average Bonchev–Trinajstić information content (AvgIpc) is 3.42. The van der Waals surface area contributed by atoms with Crippen molar-refractivity contribution in [3.63, 3.8) is 0 Å². The van der Waals surface area contributed by atoms with Gasteiger partial charge in [-0.1, -0.05) is 12.8 Å². The van der Waals surface area contributed by atoms with Crippen molar-refractivity contribution in [1.29, 1.82) is 0 Å². The van der Waals surface area contributed by atoms with Crippen molar-refractivity contribution in [2.75, 3.05) is 13.1 Å². The summed E-state index contributed by atoms with van der Waals surface area (Å²) in [7, 11) is -3.77. The summed E-state index contributed by atoms with van der Waals surface area (Å²) in [5.41, 5.74) is 0.615. The van der Waals surface area contributed by atoms with Crippen LogP contribution in [-0.2, 0) is 14.8 Å². The van der Waals surface area contributed by atoms with Crippen LogP contribution in [0.1, 0.15) is 38.5 Å².